The highest BCUT2D eigenvalue weighted by molar-refractivity contribution is 5.58. The van der Waals surface area contributed by atoms with Crippen molar-refractivity contribution in [1.82, 2.24) is 15.5 Å². The number of rotatable bonds is 7. The number of aromatic nitrogens is 2. The van der Waals surface area contributed by atoms with Gasteiger partial charge in [0.2, 0.25) is 0 Å². The molecule has 4 rings (SSSR count). The van der Waals surface area contributed by atoms with Crippen molar-refractivity contribution in [2.75, 3.05) is 20.3 Å². The molecule has 3 aromatic rings. The van der Waals surface area contributed by atoms with Crippen LogP contribution in [0.3, 0.4) is 0 Å². The van der Waals surface area contributed by atoms with Crippen LogP contribution in [0.1, 0.15) is 11.3 Å². The molecule has 0 bridgehead atoms. The fourth-order valence-corrected chi connectivity index (χ4v) is 3.04. The summed E-state index contributed by atoms with van der Waals surface area (Å²) >= 11 is 0. The molecular weight excluding hydrogens is 330 g/mol. The SMILES string of the molecule is COc1ccc(-c2cc(CC3(NCc4cccnc4)COC3)no2)cc1. The van der Waals surface area contributed by atoms with E-state index in [0.717, 1.165) is 41.3 Å². The van der Waals surface area contributed by atoms with Crippen LogP contribution in [0, 0.1) is 0 Å². The number of hydrogen-bond donors (Lipinski definition) is 1. The van der Waals surface area contributed by atoms with E-state index in [9.17, 15) is 0 Å². The summed E-state index contributed by atoms with van der Waals surface area (Å²) < 4.78 is 16.2. The fraction of sp³-hybridized carbons (Fsp3) is 0.300. The van der Waals surface area contributed by atoms with Crippen LogP contribution in [0.2, 0.25) is 0 Å². The predicted octanol–water partition coefficient (Wildman–Crippen LogP) is 2.85. The van der Waals surface area contributed by atoms with Crippen molar-refractivity contribution in [2.24, 2.45) is 0 Å². The molecule has 134 valence electrons. The minimum Gasteiger partial charge on any atom is -0.497 e. The van der Waals surface area contributed by atoms with Crippen LogP contribution < -0.4 is 10.1 Å². The summed E-state index contributed by atoms with van der Waals surface area (Å²) in [6.45, 7) is 2.08. The highest BCUT2D eigenvalue weighted by Crippen LogP contribution is 2.27. The predicted molar refractivity (Wildman–Crippen MR) is 96.8 cm³/mol. The maximum Gasteiger partial charge on any atom is 0.167 e. The molecule has 0 amide bonds. The van der Waals surface area contributed by atoms with Gasteiger partial charge in [0.05, 0.1) is 31.6 Å². The van der Waals surface area contributed by atoms with Crippen LogP contribution in [0.5, 0.6) is 5.75 Å². The second-order valence-corrected chi connectivity index (χ2v) is 6.58. The van der Waals surface area contributed by atoms with E-state index < -0.39 is 0 Å². The molecule has 1 N–H and O–H groups in total. The van der Waals surface area contributed by atoms with Crippen LogP contribution >= 0.6 is 0 Å². The molecule has 2 aromatic heterocycles. The van der Waals surface area contributed by atoms with Crippen LogP contribution in [-0.4, -0.2) is 36.0 Å². The summed E-state index contributed by atoms with van der Waals surface area (Å²) in [5, 5.41) is 7.84. The van der Waals surface area contributed by atoms with E-state index in [1.807, 2.05) is 42.6 Å². The molecule has 1 aliphatic heterocycles. The lowest BCUT2D eigenvalue weighted by atomic mass is 9.90. The van der Waals surface area contributed by atoms with Crippen LogP contribution in [0.25, 0.3) is 11.3 Å². The number of ether oxygens (including phenoxy) is 2. The van der Waals surface area contributed by atoms with Crippen molar-refractivity contribution in [2.45, 2.75) is 18.5 Å². The molecular formula is C20H21N3O3. The van der Waals surface area contributed by atoms with Crippen molar-refractivity contribution in [1.29, 1.82) is 0 Å². The average molecular weight is 351 g/mol. The second kappa shape index (κ2) is 7.27. The highest BCUT2D eigenvalue weighted by Gasteiger charge is 2.39. The van der Waals surface area contributed by atoms with E-state index in [1.165, 1.54) is 0 Å². The van der Waals surface area contributed by atoms with Crippen molar-refractivity contribution in [3.8, 4) is 17.1 Å². The van der Waals surface area contributed by atoms with E-state index in [-0.39, 0.29) is 5.54 Å². The van der Waals surface area contributed by atoms with Gasteiger partial charge in [-0.3, -0.25) is 4.98 Å². The Balaban J connectivity index is 1.43. The normalized spacial score (nSPS) is 15.4. The zero-order valence-electron chi connectivity index (χ0n) is 14.6. The average Bonchev–Trinajstić information content (AvgIpc) is 3.13. The van der Waals surface area contributed by atoms with E-state index in [0.29, 0.717) is 13.2 Å². The molecule has 0 saturated carbocycles. The lowest BCUT2D eigenvalue weighted by molar-refractivity contribution is -0.0755. The summed E-state index contributed by atoms with van der Waals surface area (Å²) in [6.07, 6.45) is 4.41. The Labute approximate surface area is 152 Å². The third-order valence-corrected chi connectivity index (χ3v) is 4.60. The van der Waals surface area contributed by atoms with Crippen LogP contribution in [0.4, 0.5) is 0 Å². The zero-order chi connectivity index (χ0) is 17.8. The number of nitrogens with zero attached hydrogens (tertiary/aromatic N) is 2. The monoisotopic (exact) mass is 351 g/mol. The maximum absolute atomic E-state index is 5.53. The van der Waals surface area contributed by atoms with Gasteiger partial charge in [-0.2, -0.15) is 0 Å². The lowest BCUT2D eigenvalue weighted by Gasteiger charge is -2.42. The summed E-state index contributed by atoms with van der Waals surface area (Å²) in [5.41, 5.74) is 2.94. The molecule has 1 saturated heterocycles. The minimum absolute atomic E-state index is 0.107. The molecule has 6 nitrogen and oxygen atoms in total. The Hall–Kier alpha value is -2.70. The standard InChI is InChI=1S/C20H21N3O3/c1-24-18-6-4-16(5-7-18)19-9-17(23-26-19)10-20(13-25-14-20)22-12-15-3-2-8-21-11-15/h2-9,11,22H,10,12-14H2,1H3. The van der Waals surface area contributed by atoms with Gasteiger partial charge in [-0.15, -0.1) is 0 Å². The molecule has 0 spiro atoms. The summed E-state index contributed by atoms with van der Waals surface area (Å²) in [5.74, 6) is 1.57. The van der Waals surface area contributed by atoms with Crippen molar-refractivity contribution < 1.29 is 14.0 Å². The number of nitrogens with one attached hydrogen (secondary N) is 1. The third-order valence-electron chi connectivity index (χ3n) is 4.60. The fourth-order valence-electron chi connectivity index (χ4n) is 3.04. The van der Waals surface area contributed by atoms with Crippen LogP contribution in [-0.2, 0) is 17.7 Å². The van der Waals surface area contributed by atoms with Gasteiger partial charge in [-0.1, -0.05) is 11.2 Å². The van der Waals surface area contributed by atoms with Gasteiger partial charge in [0.15, 0.2) is 5.76 Å². The van der Waals surface area contributed by atoms with E-state index >= 15 is 0 Å². The van der Waals surface area contributed by atoms with Gasteiger partial charge in [0.25, 0.3) is 0 Å². The molecule has 0 radical (unpaired) electrons. The largest absolute Gasteiger partial charge is 0.497 e. The van der Waals surface area contributed by atoms with Crippen LogP contribution in [0.15, 0.2) is 59.4 Å². The first-order valence-corrected chi connectivity index (χ1v) is 8.58. The quantitative estimate of drug-likeness (QED) is 0.706. The molecule has 1 fully saturated rings. The highest BCUT2D eigenvalue weighted by atomic mass is 16.5. The van der Waals surface area contributed by atoms with E-state index in [2.05, 4.69) is 21.5 Å². The van der Waals surface area contributed by atoms with Gasteiger partial charge in [0.1, 0.15) is 5.75 Å². The molecule has 0 unspecified atom stereocenters. The smallest absolute Gasteiger partial charge is 0.167 e. The van der Waals surface area contributed by atoms with Gasteiger partial charge >= 0.3 is 0 Å². The summed E-state index contributed by atoms with van der Waals surface area (Å²) in [6, 6.07) is 13.7. The first-order valence-electron chi connectivity index (χ1n) is 8.58. The molecule has 1 aliphatic rings. The molecule has 0 atom stereocenters. The Bertz CT molecular complexity index is 842. The molecule has 1 aromatic carbocycles. The molecule has 6 heteroatoms. The summed E-state index contributed by atoms with van der Waals surface area (Å²) in [7, 11) is 1.65. The first kappa shape index (κ1) is 16.8. The third kappa shape index (κ3) is 3.61. The zero-order valence-corrected chi connectivity index (χ0v) is 14.6. The lowest BCUT2D eigenvalue weighted by Crippen LogP contribution is -2.61. The molecule has 3 heterocycles. The van der Waals surface area contributed by atoms with Gasteiger partial charge in [-0.25, -0.2) is 0 Å². The van der Waals surface area contributed by atoms with Crippen molar-refractivity contribution in [3.05, 3.63) is 66.1 Å². The van der Waals surface area contributed by atoms with E-state index in [4.69, 9.17) is 14.0 Å². The second-order valence-electron chi connectivity index (χ2n) is 6.58. The number of benzene rings is 1. The minimum atomic E-state index is -0.107. The van der Waals surface area contributed by atoms with Crippen molar-refractivity contribution in [3.63, 3.8) is 0 Å². The van der Waals surface area contributed by atoms with Gasteiger partial charge in [0, 0.05) is 37.0 Å². The van der Waals surface area contributed by atoms with Gasteiger partial charge < -0.3 is 19.3 Å². The Kier molecular flexibility index (Phi) is 4.69. The first-order chi connectivity index (χ1) is 12.8. The Morgan fingerprint density at radius 2 is 2.04 bits per heavy atom. The number of methoxy groups -OCH3 is 1. The molecule has 0 aliphatic carbocycles. The number of hydrogen-bond acceptors (Lipinski definition) is 6. The molecule has 26 heavy (non-hydrogen) atoms. The van der Waals surface area contributed by atoms with Crippen molar-refractivity contribution >= 4 is 0 Å². The van der Waals surface area contributed by atoms with Gasteiger partial charge in [-0.05, 0) is 35.9 Å². The Morgan fingerprint density at radius 3 is 2.69 bits per heavy atom. The van der Waals surface area contributed by atoms with E-state index in [1.54, 1.807) is 13.3 Å². The summed E-state index contributed by atoms with van der Waals surface area (Å²) in [4.78, 5) is 4.15. The Morgan fingerprint density at radius 1 is 1.19 bits per heavy atom. The topological polar surface area (TPSA) is 69.4 Å². The maximum atomic E-state index is 5.53. The number of pyridine rings is 1.